The van der Waals surface area contributed by atoms with E-state index in [2.05, 4.69) is 10.4 Å². The van der Waals surface area contributed by atoms with Crippen molar-refractivity contribution >= 4 is 5.91 Å². The summed E-state index contributed by atoms with van der Waals surface area (Å²) in [6.45, 7) is 2.83. The first-order valence-electron chi connectivity index (χ1n) is 8.12. The maximum Gasteiger partial charge on any atom is 0.258 e. The summed E-state index contributed by atoms with van der Waals surface area (Å²) in [4.78, 5) is 12.7. The van der Waals surface area contributed by atoms with Gasteiger partial charge in [-0.15, -0.1) is 0 Å². The summed E-state index contributed by atoms with van der Waals surface area (Å²) in [6.07, 6.45) is 4.51. The average molecular weight is 331 g/mol. The molecule has 24 heavy (non-hydrogen) atoms. The molecule has 2 aliphatic rings. The summed E-state index contributed by atoms with van der Waals surface area (Å²) in [6, 6.07) is 2.53. The van der Waals surface area contributed by atoms with Crippen LogP contribution >= 0.6 is 0 Å². The molecular weight excluding hydrogens is 313 g/mol. The number of aryl methyl sites for hydroxylation is 1. The summed E-state index contributed by atoms with van der Waals surface area (Å²) in [5.74, 6) is -0.536. The highest BCUT2D eigenvalue weighted by Crippen LogP contribution is 2.38. The molecule has 1 aromatic heterocycles. The first kappa shape index (κ1) is 15.0. The van der Waals surface area contributed by atoms with Gasteiger partial charge < -0.3 is 14.8 Å². The molecule has 2 aromatic rings. The first-order chi connectivity index (χ1) is 11.7. The molecule has 6 nitrogen and oxygen atoms in total. The zero-order chi connectivity index (χ0) is 16.7. The molecule has 0 radical (unpaired) electrons. The zero-order valence-corrected chi connectivity index (χ0v) is 13.3. The van der Waals surface area contributed by atoms with Gasteiger partial charge >= 0.3 is 0 Å². The van der Waals surface area contributed by atoms with Crippen LogP contribution in [-0.4, -0.2) is 22.5 Å². The summed E-state index contributed by atoms with van der Waals surface area (Å²) in [5.41, 5.74) is 2.06. The van der Waals surface area contributed by atoms with Gasteiger partial charge in [0.25, 0.3) is 5.91 Å². The van der Waals surface area contributed by atoms with Crippen LogP contribution in [0.3, 0.4) is 0 Å². The Hall–Kier alpha value is -2.57. The Morgan fingerprint density at radius 2 is 2.33 bits per heavy atom. The van der Waals surface area contributed by atoms with Crippen molar-refractivity contribution in [2.75, 3.05) is 6.79 Å². The molecule has 0 spiro atoms. The molecule has 126 valence electrons. The van der Waals surface area contributed by atoms with Gasteiger partial charge in [0.2, 0.25) is 6.79 Å². The second-order valence-corrected chi connectivity index (χ2v) is 5.94. The van der Waals surface area contributed by atoms with Crippen molar-refractivity contribution < 1.29 is 18.7 Å². The van der Waals surface area contributed by atoms with Crippen LogP contribution in [-0.2, 0) is 13.0 Å². The van der Waals surface area contributed by atoms with Crippen LogP contribution in [0.1, 0.15) is 47.4 Å². The lowest BCUT2D eigenvalue weighted by molar-refractivity contribution is 0.0923. The van der Waals surface area contributed by atoms with Crippen LogP contribution in [0.2, 0.25) is 0 Å². The van der Waals surface area contributed by atoms with E-state index in [4.69, 9.17) is 9.47 Å². The second-order valence-electron chi connectivity index (χ2n) is 5.94. The average Bonchev–Trinajstić information content (AvgIpc) is 3.21. The number of hydrogen-bond acceptors (Lipinski definition) is 4. The monoisotopic (exact) mass is 331 g/mol. The number of rotatable bonds is 3. The number of fused-ring (bicyclic) bond motifs is 2. The van der Waals surface area contributed by atoms with E-state index in [0.717, 1.165) is 37.1 Å². The Kier molecular flexibility index (Phi) is 3.63. The van der Waals surface area contributed by atoms with Crippen LogP contribution in [0.15, 0.2) is 18.3 Å². The van der Waals surface area contributed by atoms with E-state index in [1.54, 1.807) is 6.20 Å². The van der Waals surface area contributed by atoms with Crippen LogP contribution < -0.4 is 14.8 Å². The molecule has 0 bridgehead atoms. The number of benzene rings is 1. The summed E-state index contributed by atoms with van der Waals surface area (Å²) < 4.78 is 26.6. The molecular formula is C17H18FN3O3. The van der Waals surface area contributed by atoms with Crippen molar-refractivity contribution in [1.29, 1.82) is 0 Å². The van der Waals surface area contributed by atoms with Crippen molar-refractivity contribution in [3.8, 4) is 11.5 Å². The molecule has 7 heteroatoms. The molecule has 0 fully saturated rings. The molecule has 1 aliphatic carbocycles. The van der Waals surface area contributed by atoms with Gasteiger partial charge in [-0.25, -0.2) is 4.39 Å². The lowest BCUT2D eigenvalue weighted by atomic mass is 9.92. The number of nitrogens with one attached hydrogen (secondary N) is 1. The van der Waals surface area contributed by atoms with E-state index in [9.17, 15) is 9.18 Å². The smallest absolute Gasteiger partial charge is 0.258 e. The summed E-state index contributed by atoms with van der Waals surface area (Å²) in [5, 5.41) is 7.30. The van der Waals surface area contributed by atoms with E-state index in [0.29, 0.717) is 5.75 Å². The van der Waals surface area contributed by atoms with Crippen LogP contribution in [0, 0.1) is 5.82 Å². The highest BCUT2D eigenvalue weighted by molar-refractivity contribution is 5.98. The molecule has 0 saturated carbocycles. The summed E-state index contributed by atoms with van der Waals surface area (Å²) in [7, 11) is 0. The van der Waals surface area contributed by atoms with Gasteiger partial charge in [-0.2, -0.15) is 5.10 Å². The normalized spacial score (nSPS) is 18.3. The number of hydrogen-bond donors (Lipinski definition) is 1. The third kappa shape index (κ3) is 2.31. The molecule has 2 heterocycles. The van der Waals surface area contributed by atoms with Gasteiger partial charge in [0.05, 0.1) is 12.2 Å². The number of nitrogens with zero attached hydrogens (tertiary/aromatic N) is 2. The molecule has 1 N–H and O–H groups in total. The minimum absolute atomic E-state index is 0.00405. The number of ether oxygens (including phenoxy) is 2. The van der Waals surface area contributed by atoms with Gasteiger partial charge in [-0.3, -0.25) is 9.48 Å². The fourth-order valence-corrected chi connectivity index (χ4v) is 3.43. The van der Waals surface area contributed by atoms with E-state index in [1.807, 2.05) is 11.6 Å². The minimum atomic E-state index is -0.614. The van der Waals surface area contributed by atoms with E-state index in [-0.39, 0.29) is 24.1 Å². The standard InChI is InChI=1S/C17H18FN3O3/c1-2-21-13-5-3-4-12(10(13)8-19-21)20-17(22)15-11(18)6-7-14-16(15)24-9-23-14/h6-8,12H,2-5,9H2,1H3,(H,20,22). The number of amides is 1. The predicted octanol–water partition coefficient (Wildman–Crippen LogP) is 2.58. The second kappa shape index (κ2) is 5.81. The Bertz CT molecular complexity index is 803. The SMILES string of the molecule is CCn1ncc2c1CCCC2NC(=O)c1c(F)ccc2c1OCO2. The number of aromatic nitrogens is 2. The Balaban J connectivity index is 1.63. The van der Waals surface area contributed by atoms with Crippen LogP contribution in [0.5, 0.6) is 11.5 Å². The molecule has 1 aliphatic heterocycles. The molecule has 1 atom stereocenters. The molecule has 1 amide bonds. The predicted molar refractivity (Wildman–Crippen MR) is 83.6 cm³/mol. The van der Waals surface area contributed by atoms with Crippen molar-refractivity contribution in [3.63, 3.8) is 0 Å². The molecule has 0 saturated heterocycles. The first-order valence-corrected chi connectivity index (χ1v) is 8.12. The van der Waals surface area contributed by atoms with Gasteiger partial charge in [0.15, 0.2) is 11.5 Å². The fourth-order valence-electron chi connectivity index (χ4n) is 3.43. The Morgan fingerprint density at radius 1 is 1.46 bits per heavy atom. The van der Waals surface area contributed by atoms with Crippen molar-refractivity contribution in [2.45, 2.75) is 38.8 Å². The van der Waals surface area contributed by atoms with E-state index in [1.165, 1.54) is 12.1 Å². The highest BCUT2D eigenvalue weighted by atomic mass is 19.1. The van der Waals surface area contributed by atoms with Gasteiger partial charge in [-0.05, 0) is 38.3 Å². The molecule has 4 rings (SSSR count). The largest absolute Gasteiger partial charge is 0.454 e. The fraction of sp³-hybridized carbons (Fsp3) is 0.412. The van der Waals surface area contributed by atoms with Crippen LogP contribution in [0.4, 0.5) is 4.39 Å². The maximum absolute atomic E-state index is 14.2. The van der Waals surface area contributed by atoms with Crippen molar-refractivity contribution in [2.24, 2.45) is 0 Å². The quantitative estimate of drug-likeness (QED) is 0.939. The van der Waals surface area contributed by atoms with Gasteiger partial charge in [0, 0.05) is 17.8 Å². The van der Waals surface area contributed by atoms with E-state index < -0.39 is 11.7 Å². The van der Waals surface area contributed by atoms with E-state index >= 15 is 0 Å². The van der Waals surface area contributed by atoms with Crippen molar-refractivity contribution in [1.82, 2.24) is 15.1 Å². The van der Waals surface area contributed by atoms with Crippen molar-refractivity contribution in [3.05, 3.63) is 41.0 Å². The number of carbonyl (C=O) groups excluding carboxylic acids is 1. The minimum Gasteiger partial charge on any atom is -0.454 e. The topological polar surface area (TPSA) is 65.4 Å². The Morgan fingerprint density at radius 3 is 3.17 bits per heavy atom. The lowest BCUT2D eigenvalue weighted by Crippen LogP contribution is -2.31. The summed E-state index contributed by atoms with van der Waals surface area (Å²) >= 11 is 0. The Labute approximate surface area is 138 Å². The number of carbonyl (C=O) groups is 1. The molecule has 1 aromatic carbocycles. The highest BCUT2D eigenvalue weighted by Gasteiger charge is 2.30. The van der Waals surface area contributed by atoms with Crippen LogP contribution in [0.25, 0.3) is 0 Å². The lowest BCUT2D eigenvalue weighted by Gasteiger charge is -2.24. The molecule has 1 unspecified atom stereocenters. The number of halogens is 1. The van der Waals surface area contributed by atoms with Gasteiger partial charge in [0.1, 0.15) is 11.4 Å². The third-order valence-electron chi connectivity index (χ3n) is 4.58. The maximum atomic E-state index is 14.2. The van der Waals surface area contributed by atoms with Gasteiger partial charge in [-0.1, -0.05) is 0 Å². The third-order valence-corrected chi connectivity index (χ3v) is 4.58. The zero-order valence-electron chi connectivity index (χ0n) is 13.3.